The van der Waals surface area contributed by atoms with E-state index in [0.29, 0.717) is 16.7 Å². The summed E-state index contributed by atoms with van der Waals surface area (Å²) in [5, 5.41) is 4.96. The molecule has 0 aliphatic rings. The third-order valence-corrected chi connectivity index (χ3v) is 5.15. The molecule has 4 rings (SSSR count). The molecule has 7 heteroatoms. The smallest absolute Gasteiger partial charge is 0.282 e. The number of aryl methyl sites for hydroxylation is 2. The van der Waals surface area contributed by atoms with E-state index in [-0.39, 0.29) is 5.56 Å². The van der Waals surface area contributed by atoms with Crippen LogP contribution in [0.5, 0.6) is 0 Å². The molecule has 0 saturated carbocycles. The minimum atomic E-state index is -0.193. The van der Waals surface area contributed by atoms with E-state index in [0.717, 1.165) is 27.1 Å². The second-order valence-corrected chi connectivity index (χ2v) is 7.47. The number of pyridine rings is 1. The van der Waals surface area contributed by atoms with Crippen molar-refractivity contribution in [1.82, 2.24) is 19.2 Å². The average molecular weight is 436 g/mol. The molecular weight excluding hydrogens is 418 g/mol. The zero-order chi connectivity index (χ0) is 19.8. The van der Waals surface area contributed by atoms with E-state index in [1.54, 1.807) is 25.4 Å². The van der Waals surface area contributed by atoms with E-state index in [9.17, 15) is 4.79 Å². The largest absolute Gasteiger partial charge is 0.316 e. The van der Waals surface area contributed by atoms with Crippen LogP contribution in [0.1, 0.15) is 22.8 Å². The fourth-order valence-electron chi connectivity index (χ4n) is 3.32. The van der Waals surface area contributed by atoms with Crippen molar-refractivity contribution in [1.29, 1.82) is 0 Å². The van der Waals surface area contributed by atoms with Crippen LogP contribution in [0.4, 0.5) is 0 Å². The summed E-state index contributed by atoms with van der Waals surface area (Å²) in [6.07, 6.45) is 5.27. The summed E-state index contributed by atoms with van der Waals surface area (Å²) in [4.78, 5) is 21.6. The molecule has 0 radical (unpaired) electrons. The van der Waals surface area contributed by atoms with Crippen LogP contribution in [-0.2, 0) is 0 Å². The lowest BCUT2D eigenvalue weighted by molar-refractivity contribution is 0.770. The SMILES string of the molecule is Cc1cc(C=Nn2c(C)nc3ccc(Br)cc3c2=O)c(C)n1-c1cccnc1. The Balaban J connectivity index is 1.80. The summed E-state index contributed by atoms with van der Waals surface area (Å²) in [7, 11) is 0. The number of nitrogens with zero attached hydrogens (tertiary/aromatic N) is 5. The van der Waals surface area contributed by atoms with Crippen LogP contribution in [0.15, 0.2) is 63.2 Å². The van der Waals surface area contributed by atoms with Crippen LogP contribution < -0.4 is 5.56 Å². The number of fused-ring (bicyclic) bond motifs is 1. The lowest BCUT2D eigenvalue weighted by atomic mass is 10.2. The summed E-state index contributed by atoms with van der Waals surface area (Å²) < 4.78 is 4.28. The minimum Gasteiger partial charge on any atom is -0.316 e. The highest BCUT2D eigenvalue weighted by Gasteiger charge is 2.11. The van der Waals surface area contributed by atoms with Gasteiger partial charge in [-0.15, -0.1) is 0 Å². The highest BCUT2D eigenvalue weighted by molar-refractivity contribution is 9.10. The first-order valence-corrected chi connectivity index (χ1v) is 9.57. The molecule has 140 valence electrons. The van der Waals surface area contributed by atoms with Crippen molar-refractivity contribution in [3.05, 3.63) is 86.4 Å². The molecule has 0 spiro atoms. The second kappa shape index (κ2) is 7.16. The molecule has 0 aliphatic heterocycles. The van der Waals surface area contributed by atoms with Crippen molar-refractivity contribution in [3.63, 3.8) is 0 Å². The van der Waals surface area contributed by atoms with Gasteiger partial charge in [-0.2, -0.15) is 9.78 Å². The third kappa shape index (κ3) is 3.18. The molecule has 3 heterocycles. The van der Waals surface area contributed by atoms with Crippen LogP contribution >= 0.6 is 15.9 Å². The standard InChI is InChI=1S/C21H18BrN5O/c1-13-9-16(14(2)26(13)18-5-4-8-23-12-18)11-24-27-15(3)25-20-7-6-17(22)10-19(20)21(27)28/h4-12H,1-3H3. The molecular formula is C21H18BrN5O. The molecule has 3 aromatic heterocycles. The van der Waals surface area contributed by atoms with Gasteiger partial charge in [-0.1, -0.05) is 15.9 Å². The Morgan fingerprint density at radius 2 is 1.96 bits per heavy atom. The van der Waals surface area contributed by atoms with Gasteiger partial charge in [0.1, 0.15) is 5.82 Å². The molecule has 28 heavy (non-hydrogen) atoms. The lowest BCUT2D eigenvalue weighted by Crippen LogP contribution is -2.20. The van der Waals surface area contributed by atoms with Gasteiger partial charge in [0, 0.05) is 27.6 Å². The topological polar surface area (TPSA) is 65.1 Å². The number of benzene rings is 1. The van der Waals surface area contributed by atoms with Crippen molar-refractivity contribution >= 4 is 33.0 Å². The number of halogens is 1. The van der Waals surface area contributed by atoms with E-state index in [2.05, 4.69) is 35.6 Å². The molecule has 0 bridgehead atoms. The zero-order valence-corrected chi connectivity index (χ0v) is 17.3. The summed E-state index contributed by atoms with van der Waals surface area (Å²) in [6.45, 7) is 5.83. The quantitative estimate of drug-likeness (QED) is 0.454. The molecule has 0 atom stereocenters. The summed E-state index contributed by atoms with van der Waals surface area (Å²) in [5.41, 5.74) is 4.48. The zero-order valence-electron chi connectivity index (χ0n) is 15.7. The first-order chi connectivity index (χ1) is 13.5. The van der Waals surface area contributed by atoms with Crippen molar-refractivity contribution in [2.45, 2.75) is 20.8 Å². The van der Waals surface area contributed by atoms with E-state index in [4.69, 9.17) is 0 Å². The summed E-state index contributed by atoms with van der Waals surface area (Å²) >= 11 is 3.41. The lowest BCUT2D eigenvalue weighted by Gasteiger charge is -2.08. The monoisotopic (exact) mass is 435 g/mol. The maximum atomic E-state index is 12.9. The van der Waals surface area contributed by atoms with Gasteiger partial charge < -0.3 is 4.57 Å². The van der Waals surface area contributed by atoms with E-state index >= 15 is 0 Å². The molecule has 0 fully saturated rings. The van der Waals surface area contributed by atoms with Gasteiger partial charge in [-0.25, -0.2) is 4.98 Å². The number of rotatable bonds is 3. The Labute approximate surface area is 170 Å². The fourth-order valence-corrected chi connectivity index (χ4v) is 3.68. The maximum absolute atomic E-state index is 12.9. The predicted molar refractivity (Wildman–Crippen MR) is 114 cm³/mol. The van der Waals surface area contributed by atoms with Gasteiger partial charge >= 0.3 is 0 Å². The van der Waals surface area contributed by atoms with Gasteiger partial charge in [0.25, 0.3) is 5.56 Å². The number of hydrogen-bond donors (Lipinski definition) is 0. The Bertz CT molecular complexity index is 1270. The van der Waals surface area contributed by atoms with Gasteiger partial charge in [-0.3, -0.25) is 9.78 Å². The normalized spacial score (nSPS) is 11.6. The maximum Gasteiger partial charge on any atom is 0.282 e. The molecule has 4 aromatic rings. The number of aromatic nitrogens is 4. The Morgan fingerprint density at radius 1 is 1.14 bits per heavy atom. The van der Waals surface area contributed by atoms with Crippen LogP contribution in [0.3, 0.4) is 0 Å². The van der Waals surface area contributed by atoms with Crippen molar-refractivity contribution in [2.24, 2.45) is 5.10 Å². The third-order valence-electron chi connectivity index (χ3n) is 4.66. The molecule has 0 amide bonds. The van der Waals surface area contributed by atoms with Crippen molar-refractivity contribution in [3.8, 4) is 5.69 Å². The Morgan fingerprint density at radius 3 is 2.71 bits per heavy atom. The molecule has 0 N–H and O–H groups in total. The second-order valence-electron chi connectivity index (χ2n) is 6.56. The summed E-state index contributed by atoms with van der Waals surface area (Å²) in [6, 6.07) is 11.4. The van der Waals surface area contributed by atoms with Gasteiger partial charge in [-0.05, 0) is 57.2 Å². The van der Waals surface area contributed by atoms with Crippen LogP contribution in [0.25, 0.3) is 16.6 Å². The predicted octanol–water partition coefficient (Wildman–Crippen LogP) is 4.15. The van der Waals surface area contributed by atoms with Crippen molar-refractivity contribution < 1.29 is 0 Å². The molecule has 1 aromatic carbocycles. The van der Waals surface area contributed by atoms with E-state index in [1.807, 2.05) is 50.4 Å². The van der Waals surface area contributed by atoms with E-state index < -0.39 is 0 Å². The van der Waals surface area contributed by atoms with Crippen molar-refractivity contribution in [2.75, 3.05) is 0 Å². The first kappa shape index (κ1) is 18.3. The fraction of sp³-hybridized carbons (Fsp3) is 0.143. The molecule has 0 unspecified atom stereocenters. The van der Waals surface area contributed by atoms with Crippen LogP contribution in [-0.4, -0.2) is 25.4 Å². The van der Waals surface area contributed by atoms with Gasteiger partial charge in [0.15, 0.2) is 0 Å². The minimum absolute atomic E-state index is 0.193. The van der Waals surface area contributed by atoms with E-state index in [1.165, 1.54) is 4.68 Å². The highest BCUT2D eigenvalue weighted by atomic mass is 79.9. The van der Waals surface area contributed by atoms with Crippen LogP contribution in [0, 0.1) is 20.8 Å². The van der Waals surface area contributed by atoms with Gasteiger partial charge in [0.05, 0.1) is 29.0 Å². The molecule has 0 saturated heterocycles. The van der Waals surface area contributed by atoms with Crippen LogP contribution in [0.2, 0.25) is 0 Å². The average Bonchev–Trinajstić information content (AvgIpc) is 2.96. The summed E-state index contributed by atoms with van der Waals surface area (Å²) in [5.74, 6) is 0.539. The Hall–Kier alpha value is -3.06. The Kier molecular flexibility index (Phi) is 4.68. The highest BCUT2D eigenvalue weighted by Crippen LogP contribution is 2.19. The molecule has 6 nitrogen and oxygen atoms in total. The van der Waals surface area contributed by atoms with Gasteiger partial charge in [0.2, 0.25) is 0 Å². The number of hydrogen-bond acceptors (Lipinski definition) is 4. The molecule has 0 aliphatic carbocycles. The first-order valence-electron chi connectivity index (χ1n) is 8.78.